The number of nitrogen functional groups attached to an aromatic ring is 1. The summed E-state index contributed by atoms with van der Waals surface area (Å²) in [4.78, 5) is 21.3. The van der Waals surface area contributed by atoms with Gasteiger partial charge in [0.15, 0.2) is 9.84 Å². The van der Waals surface area contributed by atoms with Crippen LogP contribution in [0.25, 0.3) is 11.3 Å². The summed E-state index contributed by atoms with van der Waals surface area (Å²) in [7, 11) is -3.62. The predicted molar refractivity (Wildman–Crippen MR) is 128 cm³/mol. The van der Waals surface area contributed by atoms with Crippen LogP contribution in [0.5, 0.6) is 0 Å². The third-order valence-electron chi connectivity index (χ3n) is 6.14. The molecule has 3 aromatic rings. The minimum absolute atomic E-state index is 0.175. The number of anilines is 1. The number of halogens is 2. The number of amides is 1. The van der Waals surface area contributed by atoms with Crippen molar-refractivity contribution in [2.75, 3.05) is 12.0 Å². The van der Waals surface area contributed by atoms with Crippen LogP contribution in [0.3, 0.4) is 0 Å². The second-order valence-electron chi connectivity index (χ2n) is 8.81. The molecule has 0 unspecified atom stereocenters. The van der Waals surface area contributed by atoms with Gasteiger partial charge < -0.3 is 11.1 Å². The van der Waals surface area contributed by atoms with Crippen molar-refractivity contribution < 1.29 is 22.0 Å². The molecule has 1 fully saturated rings. The lowest BCUT2D eigenvalue weighted by Gasteiger charge is -2.21. The second-order valence-corrected chi connectivity index (χ2v) is 10.8. The van der Waals surface area contributed by atoms with E-state index in [2.05, 4.69) is 15.3 Å². The molecule has 10 heteroatoms. The van der Waals surface area contributed by atoms with E-state index < -0.39 is 27.4 Å². The van der Waals surface area contributed by atoms with Crippen molar-refractivity contribution in [2.24, 2.45) is 0 Å². The van der Waals surface area contributed by atoms with Crippen molar-refractivity contribution in [1.82, 2.24) is 15.3 Å². The number of carbonyl (C=O) groups is 1. The van der Waals surface area contributed by atoms with Gasteiger partial charge in [-0.25, -0.2) is 27.2 Å². The number of aromatic nitrogens is 2. The Morgan fingerprint density at radius 1 is 1.11 bits per heavy atom. The van der Waals surface area contributed by atoms with E-state index in [0.717, 1.165) is 49.8 Å². The molecular weight excluding hydrogens is 474 g/mol. The number of hydrogen-bond donors (Lipinski definition) is 2. The smallest absolute Gasteiger partial charge is 0.254 e. The highest BCUT2D eigenvalue weighted by Crippen LogP contribution is 2.33. The van der Waals surface area contributed by atoms with Crippen LogP contribution >= 0.6 is 0 Å². The van der Waals surface area contributed by atoms with Gasteiger partial charge in [0, 0.05) is 24.3 Å². The monoisotopic (exact) mass is 500 g/mol. The Morgan fingerprint density at radius 3 is 2.54 bits per heavy atom. The molecule has 1 saturated carbocycles. The number of sulfone groups is 1. The Labute approximate surface area is 202 Å². The number of rotatable bonds is 6. The summed E-state index contributed by atoms with van der Waals surface area (Å²) in [5.41, 5.74) is 7.64. The summed E-state index contributed by atoms with van der Waals surface area (Å²) in [6, 6.07) is 7.32. The van der Waals surface area contributed by atoms with Crippen molar-refractivity contribution in [2.45, 2.75) is 49.5 Å². The van der Waals surface area contributed by atoms with Crippen LogP contribution < -0.4 is 11.1 Å². The normalized spacial score (nSPS) is 14.6. The van der Waals surface area contributed by atoms with Crippen LogP contribution in [0.1, 0.15) is 59.6 Å². The molecule has 4 rings (SSSR count). The Bertz CT molecular complexity index is 1370. The minimum Gasteiger partial charge on any atom is -0.382 e. The number of benzene rings is 2. The van der Waals surface area contributed by atoms with Gasteiger partial charge in [0.25, 0.3) is 5.91 Å². The van der Waals surface area contributed by atoms with Crippen LogP contribution in [-0.2, 0) is 16.4 Å². The molecule has 3 N–H and O–H groups in total. The summed E-state index contributed by atoms with van der Waals surface area (Å²) >= 11 is 0. The zero-order valence-corrected chi connectivity index (χ0v) is 20.0. The number of carbonyl (C=O) groups excluding carboxylic acids is 1. The standard InChI is InChI=1S/C25H26F2N4O3S/c1-35(33,34)19-10-15(9-18(26)12-19)13-30-25(32)20-8-7-17(11-21(20)27)23-24(28)29-14-22(31-23)16-5-3-2-4-6-16/h7-12,14,16H,2-6,13H2,1H3,(H2,28,29)(H,30,32). The van der Waals surface area contributed by atoms with Gasteiger partial charge in [0.1, 0.15) is 23.1 Å². The second kappa shape index (κ2) is 10.1. The summed E-state index contributed by atoms with van der Waals surface area (Å²) in [5, 5.41) is 2.49. The van der Waals surface area contributed by atoms with Crippen molar-refractivity contribution in [3.63, 3.8) is 0 Å². The van der Waals surface area contributed by atoms with E-state index in [9.17, 15) is 22.0 Å². The first-order chi connectivity index (χ1) is 16.6. The van der Waals surface area contributed by atoms with Gasteiger partial charge in [-0.3, -0.25) is 4.79 Å². The highest BCUT2D eigenvalue weighted by molar-refractivity contribution is 7.90. The van der Waals surface area contributed by atoms with Gasteiger partial charge in [-0.15, -0.1) is 0 Å². The summed E-state index contributed by atoms with van der Waals surface area (Å²) in [6.07, 6.45) is 8.17. The number of hydrogen-bond acceptors (Lipinski definition) is 6. The molecule has 0 bridgehead atoms. The van der Waals surface area contributed by atoms with Gasteiger partial charge in [-0.05, 0) is 48.7 Å². The summed E-state index contributed by atoms with van der Waals surface area (Å²) in [5.74, 6) is -1.78. The minimum atomic E-state index is -3.62. The first kappa shape index (κ1) is 24.7. The van der Waals surface area contributed by atoms with Crippen molar-refractivity contribution >= 4 is 21.6 Å². The molecule has 1 aliphatic rings. The molecule has 1 heterocycles. The van der Waals surface area contributed by atoms with Gasteiger partial charge in [-0.2, -0.15) is 0 Å². The van der Waals surface area contributed by atoms with E-state index in [-0.39, 0.29) is 28.4 Å². The first-order valence-corrected chi connectivity index (χ1v) is 13.2. The van der Waals surface area contributed by atoms with Crippen molar-refractivity contribution in [1.29, 1.82) is 0 Å². The van der Waals surface area contributed by atoms with E-state index >= 15 is 0 Å². The molecule has 35 heavy (non-hydrogen) atoms. The molecule has 1 amide bonds. The molecule has 2 aromatic carbocycles. The maximum Gasteiger partial charge on any atom is 0.254 e. The summed E-state index contributed by atoms with van der Waals surface area (Å²) in [6.45, 7) is -0.178. The first-order valence-electron chi connectivity index (χ1n) is 11.3. The van der Waals surface area contributed by atoms with E-state index in [1.54, 1.807) is 12.3 Å². The Kier molecular flexibility index (Phi) is 7.11. The number of nitrogens with two attached hydrogens (primary N) is 1. The molecular formula is C25H26F2N4O3S. The van der Waals surface area contributed by atoms with E-state index in [1.165, 1.54) is 24.6 Å². The quantitative estimate of drug-likeness (QED) is 0.519. The molecule has 0 spiro atoms. The van der Waals surface area contributed by atoms with E-state index in [0.29, 0.717) is 17.2 Å². The molecule has 1 aromatic heterocycles. The average molecular weight is 501 g/mol. The fourth-order valence-corrected chi connectivity index (χ4v) is 4.97. The predicted octanol–water partition coefficient (Wildman–Crippen LogP) is 4.39. The van der Waals surface area contributed by atoms with E-state index in [1.807, 2.05) is 0 Å². The van der Waals surface area contributed by atoms with Crippen LogP contribution in [0.2, 0.25) is 0 Å². The molecule has 184 valence electrons. The molecule has 0 radical (unpaired) electrons. The van der Waals surface area contributed by atoms with Gasteiger partial charge in [0.2, 0.25) is 0 Å². The fourth-order valence-electron chi connectivity index (χ4n) is 4.28. The van der Waals surface area contributed by atoms with Crippen LogP contribution in [-0.4, -0.2) is 30.5 Å². The lowest BCUT2D eigenvalue weighted by molar-refractivity contribution is 0.0947. The fraction of sp³-hybridized carbons (Fsp3) is 0.320. The zero-order chi connectivity index (χ0) is 25.2. The number of nitrogens with zero attached hydrogens (tertiary/aromatic N) is 2. The molecule has 0 atom stereocenters. The Morgan fingerprint density at radius 2 is 1.86 bits per heavy atom. The lowest BCUT2D eigenvalue weighted by atomic mass is 9.87. The highest BCUT2D eigenvalue weighted by atomic mass is 32.2. The van der Waals surface area contributed by atoms with Crippen molar-refractivity contribution in [3.8, 4) is 11.3 Å². The SMILES string of the molecule is CS(=O)(=O)c1cc(F)cc(CNC(=O)c2ccc(-c3nc(C4CCCCC4)cnc3N)cc2F)c1. The van der Waals surface area contributed by atoms with Gasteiger partial charge in [0.05, 0.1) is 22.3 Å². The molecule has 0 saturated heterocycles. The maximum atomic E-state index is 14.9. The largest absolute Gasteiger partial charge is 0.382 e. The number of nitrogens with one attached hydrogen (secondary N) is 1. The van der Waals surface area contributed by atoms with Crippen LogP contribution in [0.4, 0.5) is 14.6 Å². The maximum absolute atomic E-state index is 14.9. The third-order valence-corrected chi connectivity index (χ3v) is 7.23. The van der Waals surface area contributed by atoms with Gasteiger partial charge in [-0.1, -0.05) is 25.3 Å². The van der Waals surface area contributed by atoms with Crippen LogP contribution in [0, 0.1) is 11.6 Å². The lowest BCUT2D eigenvalue weighted by Crippen LogP contribution is -2.24. The molecule has 7 nitrogen and oxygen atoms in total. The van der Waals surface area contributed by atoms with Gasteiger partial charge >= 0.3 is 0 Å². The summed E-state index contributed by atoms with van der Waals surface area (Å²) < 4.78 is 52.1. The zero-order valence-electron chi connectivity index (χ0n) is 19.2. The average Bonchev–Trinajstić information content (AvgIpc) is 2.82. The molecule has 0 aliphatic heterocycles. The van der Waals surface area contributed by atoms with Crippen LogP contribution in [0.15, 0.2) is 47.5 Å². The highest BCUT2D eigenvalue weighted by Gasteiger charge is 2.20. The third kappa shape index (κ3) is 5.82. The molecule has 1 aliphatic carbocycles. The topological polar surface area (TPSA) is 115 Å². The Balaban J connectivity index is 1.52. The van der Waals surface area contributed by atoms with E-state index in [4.69, 9.17) is 5.73 Å². The Hall–Kier alpha value is -3.40. The van der Waals surface area contributed by atoms with Crippen molar-refractivity contribution in [3.05, 3.63) is 71.1 Å².